The van der Waals surface area contributed by atoms with Crippen LogP contribution in [0.1, 0.15) is 22.8 Å². The van der Waals surface area contributed by atoms with Crippen LogP contribution in [0.4, 0.5) is 4.39 Å². The largest absolute Gasteiger partial charge is 0.508 e. The van der Waals surface area contributed by atoms with Gasteiger partial charge in [-0.2, -0.15) is 0 Å². The lowest BCUT2D eigenvalue weighted by Gasteiger charge is -2.04. The lowest BCUT2D eigenvalue weighted by atomic mass is 10.1. The molecule has 0 radical (unpaired) electrons. The third-order valence-electron chi connectivity index (χ3n) is 1.78. The Morgan fingerprint density at radius 2 is 2.18 bits per heavy atom. The molecule has 0 saturated heterocycles. The summed E-state index contributed by atoms with van der Waals surface area (Å²) in [6, 6.07) is 1.22. The first-order chi connectivity index (χ1) is 7.99. The summed E-state index contributed by atoms with van der Waals surface area (Å²) in [6.45, 7) is 3.14. The Bertz CT molecular complexity index is 519. The molecule has 0 unspecified atom stereocenters. The first kappa shape index (κ1) is 15.2. The number of hydrogen-bond acceptors (Lipinski definition) is 2. The predicted octanol–water partition coefficient (Wildman–Crippen LogP) is 3.06. The van der Waals surface area contributed by atoms with Gasteiger partial charge in [0, 0.05) is 11.1 Å². The van der Waals surface area contributed by atoms with Crippen LogP contribution in [0.15, 0.2) is 10.5 Å². The molecule has 17 heavy (non-hydrogen) atoms. The standard InChI is InChI=1S/C8H6BrFO2.C5H4/c1-4-6(12)2-5(3-11)7(9)8(4)10;1-3-5-4-2/h2-3,12H,1H3;1H,2H3. The molecule has 0 heterocycles. The van der Waals surface area contributed by atoms with Gasteiger partial charge in [0.2, 0.25) is 0 Å². The number of rotatable bonds is 1. The van der Waals surface area contributed by atoms with Crippen molar-refractivity contribution in [2.45, 2.75) is 13.8 Å². The predicted molar refractivity (Wildman–Crippen MR) is 68.2 cm³/mol. The fourth-order valence-corrected chi connectivity index (χ4v) is 1.39. The Morgan fingerprint density at radius 1 is 1.59 bits per heavy atom. The van der Waals surface area contributed by atoms with E-state index in [4.69, 9.17) is 11.5 Å². The second-order valence-electron chi connectivity index (χ2n) is 2.88. The Kier molecular flexibility index (Phi) is 6.70. The van der Waals surface area contributed by atoms with Crippen LogP contribution in [0.3, 0.4) is 0 Å². The van der Waals surface area contributed by atoms with Crippen LogP contribution in [-0.4, -0.2) is 11.4 Å². The molecule has 2 nitrogen and oxygen atoms in total. The molecular formula is C13H10BrFO2. The third kappa shape index (κ3) is 4.30. The second kappa shape index (κ2) is 7.49. The average molecular weight is 297 g/mol. The van der Waals surface area contributed by atoms with Crippen LogP contribution >= 0.6 is 15.9 Å². The van der Waals surface area contributed by atoms with E-state index in [9.17, 15) is 9.18 Å². The van der Waals surface area contributed by atoms with Gasteiger partial charge in [0.1, 0.15) is 11.6 Å². The number of hydrogen-bond donors (Lipinski definition) is 1. The van der Waals surface area contributed by atoms with Crippen LogP contribution in [-0.2, 0) is 0 Å². The highest BCUT2D eigenvalue weighted by Crippen LogP contribution is 2.28. The van der Waals surface area contributed by atoms with E-state index in [2.05, 4.69) is 33.7 Å². The topological polar surface area (TPSA) is 37.3 Å². The van der Waals surface area contributed by atoms with E-state index in [0.29, 0.717) is 6.29 Å². The number of aldehydes is 1. The van der Waals surface area contributed by atoms with Crippen molar-refractivity contribution in [1.82, 2.24) is 0 Å². The maximum Gasteiger partial charge on any atom is 0.151 e. The summed E-state index contributed by atoms with van der Waals surface area (Å²) >= 11 is 2.91. The highest BCUT2D eigenvalue weighted by Gasteiger charge is 2.11. The Morgan fingerprint density at radius 3 is 2.53 bits per heavy atom. The van der Waals surface area contributed by atoms with Gasteiger partial charge in [-0.05, 0) is 47.7 Å². The molecule has 0 saturated carbocycles. The maximum atomic E-state index is 13.1. The number of phenols is 1. The molecule has 0 aliphatic rings. The molecule has 1 N–H and O–H groups in total. The monoisotopic (exact) mass is 296 g/mol. The first-order valence-corrected chi connectivity index (χ1v) is 5.28. The Hall–Kier alpha value is -1.78. The molecule has 4 heteroatoms. The zero-order valence-corrected chi connectivity index (χ0v) is 10.9. The molecule has 1 aromatic rings. The highest BCUT2D eigenvalue weighted by molar-refractivity contribution is 9.10. The van der Waals surface area contributed by atoms with E-state index in [-0.39, 0.29) is 21.3 Å². The van der Waals surface area contributed by atoms with Gasteiger partial charge in [-0.1, -0.05) is 5.92 Å². The molecule has 0 atom stereocenters. The Labute approximate surface area is 108 Å². The minimum atomic E-state index is -0.600. The van der Waals surface area contributed by atoms with Gasteiger partial charge in [0.15, 0.2) is 6.29 Å². The maximum absolute atomic E-state index is 13.1. The lowest BCUT2D eigenvalue weighted by Crippen LogP contribution is -1.91. The summed E-state index contributed by atoms with van der Waals surface area (Å²) < 4.78 is 13.2. The van der Waals surface area contributed by atoms with E-state index in [0.717, 1.165) is 0 Å². The normalized spacial score (nSPS) is 7.94. The molecule has 1 aromatic carbocycles. The number of carbonyl (C=O) groups is 1. The van der Waals surface area contributed by atoms with Gasteiger partial charge in [0.05, 0.1) is 4.47 Å². The summed E-state index contributed by atoms with van der Waals surface area (Å²) in [5.74, 6) is 6.27. The summed E-state index contributed by atoms with van der Waals surface area (Å²) in [5.41, 5.74) is 0.239. The molecule has 88 valence electrons. The van der Waals surface area contributed by atoms with Crippen molar-refractivity contribution >= 4 is 22.2 Å². The smallest absolute Gasteiger partial charge is 0.151 e. The second-order valence-corrected chi connectivity index (χ2v) is 3.67. The van der Waals surface area contributed by atoms with Crippen molar-refractivity contribution in [3.63, 3.8) is 0 Å². The summed E-state index contributed by atoms with van der Waals surface area (Å²) in [4.78, 5) is 10.3. The van der Waals surface area contributed by atoms with Gasteiger partial charge < -0.3 is 5.11 Å². The number of carbonyl (C=O) groups excluding carboxylic acids is 1. The molecule has 0 fully saturated rings. The van der Waals surface area contributed by atoms with Crippen LogP contribution in [0, 0.1) is 36.9 Å². The van der Waals surface area contributed by atoms with Crippen molar-refractivity contribution in [2.75, 3.05) is 0 Å². The van der Waals surface area contributed by atoms with E-state index in [1.165, 1.54) is 13.0 Å². The van der Waals surface area contributed by atoms with Gasteiger partial charge in [-0.15, -0.1) is 6.42 Å². The van der Waals surface area contributed by atoms with E-state index >= 15 is 0 Å². The van der Waals surface area contributed by atoms with Crippen molar-refractivity contribution in [2.24, 2.45) is 0 Å². The zero-order chi connectivity index (χ0) is 13.4. The number of benzene rings is 1. The number of terminal acetylenes is 1. The number of halogens is 2. The summed E-state index contributed by atoms with van der Waals surface area (Å²) in [6.07, 6.45) is 5.19. The molecule has 0 aliphatic carbocycles. The van der Waals surface area contributed by atoms with E-state index in [1.807, 2.05) is 0 Å². The summed E-state index contributed by atoms with van der Waals surface area (Å²) in [5, 5.41) is 9.12. The third-order valence-corrected chi connectivity index (χ3v) is 2.58. The van der Waals surface area contributed by atoms with Gasteiger partial charge in [0.25, 0.3) is 0 Å². The molecule has 1 rings (SSSR count). The lowest BCUT2D eigenvalue weighted by molar-refractivity contribution is 0.112. The molecule has 0 bridgehead atoms. The fraction of sp³-hybridized carbons (Fsp3) is 0.154. The molecule has 0 amide bonds. The fourth-order valence-electron chi connectivity index (χ4n) is 0.881. The van der Waals surface area contributed by atoms with Gasteiger partial charge in [-0.3, -0.25) is 4.79 Å². The number of aromatic hydroxyl groups is 1. The first-order valence-electron chi connectivity index (χ1n) is 4.49. The van der Waals surface area contributed by atoms with Crippen LogP contribution in [0.25, 0.3) is 0 Å². The van der Waals surface area contributed by atoms with Crippen LogP contribution < -0.4 is 0 Å². The Balaban J connectivity index is 0.000000437. The van der Waals surface area contributed by atoms with Gasteiger partial charge in [-0.25, -0.2) is 4.39 Å². The minimum absolute atomic E-state index is 0.0906. The molecule has 0 spiro atoms. The van der Waals surface area contributed by atoms with Gasteiger partial charge >= 0.3 is 0 Å². The molecular weight excluding hydrogens is 287 g/mol. The quantitative estimate of drug-likeness (QED) is 0.639. The highest BCUT2D eigenvalue weighted by atomic mass is 79.9. The number of phenolic OH excluding ortho intramolecular Hbond substituents is 1. The minimum Gasteiger partial charge on any atom is -0.508 e. The summed E-state index contributed by atoms with van der Waals surface area (Å²) in [7, 11) is 0. The van der Waals surface area contributed by atoms with Crippen molar-refractivity contribution in [3.05, 3.63) is 27.5 Å². The van der Waals surface area contributed by atoms with Crippen LogP contribution in [0.5, 0.6) is 5.75 Å². The molecule has 0 aromatic heterocycles. The molecule has 0 aliphatic heterocycles. The van der Waals surface area contributed by atoms with Crippen LogP contribution in [0.2, 0.25) is 0 Å². The van der Waals surface area contributed by atoms with Crippen molar-refractivity contribution in [3.8, 4) is 29.9 Å². The van der Waals surface area contributed by atoms with Crippen molar-refractivity contribution < 1.29 is 14.3 Å². The van der Waals surface area contributed by atoms with E-state index in [1.54, 1.807) is 6.92 Å². The van der Waals surface area contributed by atoms with Crippen molar-refractivity contribution in [1.29, 1.82) is 0 Å². The zero-order valence-electron chi connectivity index (χ0n) is 9.34. The SMILES string of the molecule is C#CC#CC.Cc1c(O)cc(C=O)c(Br)c1F. The van der Waals surface area contributed by atoms with E-state index < -0.39 is 5.82 Å². The average Bonchev–Trinajstić information content (AvgIpc) is 2.33.